The van der Waals surface area contributed by atoms with Crippen LogP contribution in [0, 0.1) is 24.1 Å². The summed E-state index contributed by atoms with van der Waals surface area (Å²) < 4.78 is 15.2. The van der Waals surface area contributed by atoms with Crippen molar-refractivity contribution in [3.05, 3.63) is 67.6 Å². The molecule has 7 nitrogen and oxygen atoms in total. The molecular formula is C24H24FN5O2S2. The number of halogens is 1. The lowest BCUT2D eigenvalue weighted by atomic mass is 10.0. The number of hydrogen-bond donors (Lipinski definition) is 0. The number of nitrogens with zero attached hydrogens (tertiary/aromatic N) is 5. The van der Waals surface area contributed by atoms with Crippen molar-refractivity contribution in [1.29, 1.82) is 5.26 Å². The van der Waals surface area contributed by atoms with Gasteiger partial charge in [0.1, 0.15) is 27.6 Å². The van der Waals surface area contributed by atoms with Gasteiger partial charge < -0.3 is 9.80 Å². The largest absolute Gasteiger partial charge is 0.355 e. The first-order valence-electron chi connectivity index (χ1n) is 10.8. The van der Waals surface area contributed by atoms with E-state index in [1.54, 1.807) is 32.2 Å². The summed E-state index contributed by atoms with van der Waals surface area (Å²) in [6.07, 6.45) is 1.74. The molecule has 2 fully saturated rings. The molecule has 1 amide bonds. The normalized spacial score (nSPS) is 18.1. The summed E-state index contributed by atoms with van der Waals surface area (Å²) in [6, 6.07) is 7.97. The van der Waals surface area contributed by atoms with Crippen molar-refractivity contribution in [2.24, 2.45) is 7.05 Å². The van der Waals surface area contributed by atoms with E-state index in [4.69, 9.17) is 12.2 Å². The minimum atomic E-state index is -0.352. The van der Waals surface area contributed by atoms with Crippen LogP contribution in [-0.4, -0.2) is 57.8 Å². The molecule has 2 saturated heterocycles. The quantitative estimate of drug-likeness (QED) is 0.475. The third-order valence-corrected chi connectivity index (χ3v) is 7.55. The van der Waals surface area contributed by atoms with Crippen LogP contribution in [0.15, 0.2) is 34.0 Å². The molecular weight excluding hydrogens is 473 g/mol. The Kier molecular flexibility index (Phi) is 6.89. The molecule has 1 aromatic heterocycles. The van der Waals surface area contributed by atoms with Crippen LogP contribution in [-0.2, 0) is 18.4 Å². The van der Waals surface area contributed by atoms with Crippen molar-refractivity contribution < 1.29 is 9.18 Å². The molecule has 0 radical (unpaired) electrons. The van der Waals surface area contributed by atoms with Gasteiger partial charge in [0.2, 0.25) is 0 Å². The van der Waals surface area contributed by atoms with Gasteiger partial charge in [-0.25, -0.2) is 4.39 Å². The van der Waals surface area contributed by atoms with E-state index in [0.717, 1.165) is 31.7 Å². The van der Waals surface area contributed by atoms with Gasteiger partial charge in [-0.15, -0.1) is 0 Å². The van der Waals surface area contributed by atoms with Gasteiger partial charge in [0.15, 0.2) is 0 Å². The highest BCUT2D eigenvalue weighted by Gasteiger charge is 2.33. The minimum absolute atomic E-state index is 0.0634. The molecule has 2 aliphatic rings. The monoisotopic (exact) mass is 497 g/mol. The lowest BCUT2D eigenvalue weighted by molar-refractivity contribution is -0.122. The van der Waals surface area contributed by atoms with E-state index in [-0.39, 0.29) is 29.4 Å². The molecule has 2 aliphatic heterocycles. The molecule has 3 heterocycles. The zero-order chi connectivity index (χ0) is 24.6. The summed E-state index contributed by atoms with van der Waals surface area (Å²) in [5.41, 5.74) is 1.69. The second-order valence-corrected chi connectivity index (χ2v) is 10.1. The predicted molar refractivity (Wildman–Crippen MR) is 136 cm³/mol. The summed E-state index contributed by atoms with van der Waals surface area (Å²) >= 11 is 6.65. The van der Waals surface area contributed by atoms with Crippen molar-refractivity contribution in [2.75, 3.05) is 38.1 Å². The van der Waals surface area contributed by atoms with Crippen LogP contribution in [0.5, 0.6) is 0 Å². The first kappa shape index (κ1) is 24.1. The number of aromatic nitrogens is 1. The number of amides is 1. The Morgan fingerprint density at radius 2 is 1.79 bits per heavy atom. The average Bonchev–Trinajstić information content (AvgIpc) is 3.07. The van der Waals surface area contributed by atoms with Crippen molar-refractivity contribution in [1.82, 2.24) is 14.4 Å². The highest BCUT2D eigenvalue weighted by molar-refractivity contribution is 8.26. The SMILES string of the molecule is Cc1c(C=C2SC(=S)N(Cc3ccc(F)cc3)C2=O)c(N2CCN(C)CC2)n(C)c(=O)c1C#N. The van der Waals surface area contributed by atoms with Crippen LogP contribution in [0.4, 0.5) is 10.2 Å². The maximum Gasteiger partial charge on any atom is 0.270 e. The minimum Gasteiger partial charge on any atom is -0.355 e. The van der Waals surface area contributed by atoms with Gasteiger partial charge in [-0.05, 0) is 43.3 Å². The van der Waals surface area contributed by atoms with Crippen LogP contribution >= 0.6 is 24.0 Å². The van der Waals surface area contributed by atoms with Gasteiger partial charge in [0.25, 0.3) is 11.5 Å². The summed E-state index contributed by atoms with van der Waals surface area (Å²) in [5, 5.41) is 9.63. The second-order valence-electron chi connectivity index (χ2n) is 8.40. The number of nitriles is 1. The Balaban J connectivity index is 1.75. The zero-order valence-electron chi connectivity index (χ0n) is 19.2. The van der Waals surface area contributed by atoms with E-state index >= 15 is 0 Å². The molecule has 34 heavy (non-hydrogen) atoms. The molecule has 0 saturated carbocycles. The third-order valence-electron chi connectivity index (χ3n) is 6.17. The van der Waals surface area contributed by atoms with Crippen molar-refractivity contribution in [3.63, 3.8) is 0 Å². The van der Waals surface area contributed by atoms with E-state index in [0.29, 0.717) is 26.2 Å². The maximum atomic E-state index is 13.3. The van der Waals surface area contributed by atoms with Gasteiger partial charge in [0.05, 0.1) is 11.4 Å². The number of pyridine rings is 1. The van der Waals surface area contributed by atoms with Crippen molar-refractivity contribution in [2.45, 2.75) is 13.5 Å². The van der Waals surface area contributed by atoms with Crippen molar-refractivity contribution >= 4 is 46.1 Å². The number of likely N-dealkylation sites (N-methyl/N-ethyl adjacent to an activating group) is 1. The Bertz CT molecular complexity index is 1290. The van der Waals surface area contributed by atoms with Gasteiger partial charge in [-0.2, -0.15) is 5.26 Å². The maximum absolute atomic E-state index is 13.3. The number of hydrogen-bond acceptors (Lipinski definition) is 7. The number of carbonyl (C=O) groups excluding carboxylic acids is 1. The Hall–Kier alpha value is -3.00. The number of thioether (sulfide) groups is 1. The summed E-state index contributed by atoms with van der Waals surface area (Å²) in [6.45, 7) is 5.11. The predicted octanol–water partition coefficient (Wildman–Crippen LogP) is 2.86. The van der Waals surface area contributed by atoms with E-state index in [1.165, 1.54) is 33.4 Å². The lowest BCUT2D eigenvalue weighted by Gasteiger charge is -2.36. The summed E-state index contributed by atoms with van der Waals surface area (Å²) in [4.78, 5) is 32.4. The third kappa shape index (κ3) is 4.51. The van der Waals surface area contributed by atoms with E-state index in [1.807, 2.05) is 13.1 Å². The highest BCUT2D eigenvalue weighted by atomic mass is 32.2. The summed E-state index contributed by atoms with van der Waals surface area (Å²) in [5.74, 6) is 0.0951. The van der Waals surface area contributed by atoms with Crippen LogP contribution in [0.2, 0.25) is 0 Å². The van der Waals surface area contributed by atoms with Gasteiger partial charge in [0, 0.05) is 38.8 Å². The van der Waals surface area contributed by atoms with E-state index in [9.17, 15) is 19.2 Å². The molecule has 10 heteroatoms. The van der Waals surface area contributed by atoms with Crippen LogP contribution < -0.4 is 10.5 Å². The van der Waals surface area contributed by atoms with Gasteiger partial charge in [-0.1, -0.05) is 36.1 Å². The smallest absolute Gasteiger partial charge is 0.270 e. The fourth-order valence-corrected chi connectivity index (χ4v) is 5.39. The first-order valence-corrected chi connectivity index (χ1v) is 12.0. The van der Waals surface area contributed by atoms with Gasteiger partial charge >= 0.3 is 0 Å². The molecule has 0 unspecified atom stereocenters. The molecule has 176 valence electrons. The fourth-order valence-electron chi connectivity index (χ4n) is 4.15. The Morgan fingerprint density at radius 1 is 1.15 bits per heavy atom. The molecule has 0 bridgehead atoms. The molecule has 2 aromatic rings. The van der Waals surface area contributed by atoms with Crippen LogP contribution in [0.1, 0.15) is 22.3 Å². The Labute approximate surface area is 207 Å². The van der Waals surface area contributed by atoms with Gasteiger partial charge in [-0.3, -0.25) is 19.1 Å². The standard InChI is InChI=1S/C24H24FN5O2S2/c1-15-18(21(28(3)22(31)19(15)13-26)29-10-8-27(2)9-11-29)12-20-23(32)30(24(33)34-20)14-16-4-6-17(25)7-5-16/h4-7,12H,8-11,14H2,1-3H3. The lowest BCUT2D eigenvalue weighted by Crippen LogP contribution is -2.46. The zero-order valence-corrected chi connectivity index (χ0v) is 20.8. The molecule has 0 spiro atoms. The van der Waals surface area contributed by atoms with Crippen LogP contribution in [0.25, 0.3) is 6.08 Å². The van der Waals surface area contributed by atoms with Crippen molar-refractivity contribution in [3.8, 4) is 6.07 Å². The number of thiocarbonyl (C=S) groups is 1. The summed E-state index contributed by atoms with van der Waals surface area (Å²) in [7, 11) is 3.71. The van der Waals surface area contributed by atoms with E-state index in [2.05, 4.69) is 9.80 Å². The topological polar surface area (TPSA) is 72.6 Å². The average molecular weight is 498 g/mol. The highest BCUT2D eigenvalue weighted by Crippen LogP contribution is 2.36. The first-order chi connectivity index (χ1) is 16.2. The second kappa shape index (κ2) is 9.70. The number of piperazine rings is 1. The molecule has 0 aliphatic carbocycles. The number of carbonyl (C=O) groups is 1. The molecule has 0 atom stereocenters. The molecule has 4 rings (SSSR count). The molecule has 1 aromatic carbocycles. The fraction of sp³-hybridized carbons (Fsp3) is 0.333. The number of rotatable bonds is 4. The van der Waals surface area contributed by atoms with Crippen LogP contribution in [0.3, 0.4) is 0 Å². The number of benzene rings is 1. The van der Waals surface area contributed by atoms with E-state index < -0.39 is 0 Å². The molecule has 0 N–H and O–H groups in total. The Morgan fingerprint density at radius 3 is 2.41 bits per heavy atom. The number of anilines is 1.